The molecule has 3 aromatic rings. The SMILES string of the molecule is C[C@H](c1ccc(Cl)cc1Cl)n1nnc2c(C3CC3)nc(N3CC([C@H]4CCCN(CCO)C4)C3)nc21. The second-order valence-electron chi connectivity index (χ2n) is 10.3. The van der Waals surface area contributed by atoms with E-state index in [1.54, 1.807) is 6.07 Å². The molecule has 1 N–H and O–H groups in total. The number of aliphatic hydroxyl groups is 1. The Kier molecular flexibility index (Phi) is 6.33. The lowest BCUT2D eigenvalue weighted by Gasteiger charge is -2.46. The predicted molar refractivity (Wildman–Crippen MR) is 137 cm³/mol. The number of hydrogen-bond acceptors (Lipinski definition) is 7. The largest absolute Gasteiger partial charge is 0.395 e. The van der Waals surface area contributed by atoms with Crippen molar-refractivity contribution >= 4 is 40.3 Å². The number of aromatic nitrogens is 5. The van der Waals surface area contributed by atoms with Crippen LogP contribution in [0.15, 0.2) is 18.2 Å². The van der Waals surface area contributed by atoms with E-state index < -0.39 is 0 Å². The van der Waals surface area contributed by atoms with E-state index in [0.29, 0.717) is 27.8 Å². The fraction of sp³-hybridized carbons (Fsp3) is 0.600. The Hall–Kier alpha value is -2.00. The molecule has 3 fully saturated rings. The van der Waals surface area contributed by atoms with Crippen molar-refractivity contribution in [3.8, 4) is 0 Å². The van der Waals surface area contributed by atoms with E-state index in [-0.39, 0.29) is 12.6 Å². The van der Waals surface area contributed by atoms with Crippen LogP contribution in [0.5, 0.6) is 0 Å². The Labute approximate surface area is 215 Å². The Morgan fingerprint density at radius 1 is 1.09 bits per heavy atom. The number of fused-ring (bicyclic) bond motifs is 1. The molecule has 1 aromatic carbocycles. The third-order valence-electron chi connectivity index (χ3n) is 7.90. The second kappa shape index (κ2) is 9.47. The monoisotopic (exact) mass is 515 g/mol. The zero-order valence-electron chi connectivity index (χ0n) is 19.9. The van der Waals surface area contributed by atoms with Gasteiger partial charge < -0.3 is 14.9 Å². The molecule has 0 radical (unpaired) electrons. The van der Waals surface area contributed by atoms with Crippen molar-refractivity contribution in [2.24, 2.45) is 11.8 Å². The number of benzene rings is 1. The van der Waals surface area contributed by atoms with Gasteiger partial charge in [-0.1, -0.05) is 34.5 Å². The number of hydrogen-bond donors (Lipinski definition) is 1. The maximum absolute atomic E-state index is 9.32. The Morgan fingerprint density at radius 2 is 1.91 bits per heavy atom. The highest BCUT2D eigenvalue weighted by Crippen LogP contribution is 2.43. The average molecular weight is 516 g/mol. The van der Waals surface area contributed by atoms with Crippen molar-refractivity contribution in [2.75, 3.05) is 44.2 Å². The molecule has 1 saturated carbocycles. The summed E-state index contributed by atoms with van der Waals surface area (Å²) in [6, 6.07) is 5.42. The van der Waals surface area contributed by atoms with Crippen LogP contribution in [0.3, 0.4) is 0 Å². The molecule has 2 saturated heterocycles. The van der Waals surface area contributed by atoms with E-state index in [2.05, 4.69) is 27.0 Å². The predicted octanol–water partition coefficient (Wildman–Crippen LogP) is 4.16. The van der Waals surface area contributed by atoms with Gasteiger partial charge in [-0.3, -0.25) is 0 Å². The molecular formula is C25H31Cl2N7O. The number of aliphatic hydroxyl groups excluding tert-OH is 1. The molecule has 1 aliphatic carbocycles. The average Bonchev–Trinajstić information content (AvgIpc) is 3.57. The summed E-state index contributed by atoms with van der Waals surface area (Å²) in [4.78, 5) is 14.7. The van der Waals surface area contributed by atoms with Crippen LogP contribution in [-0.4, -0.2) is 74.3 Å². The van der Waals surface area contributed by atoms with E-state index >= 15 is 0 Å². The summed E-state index contributed by atoms with van der Waals surface area (Å²) >= 11 is 12.6. The van der Waals surface area contributed by atoms with Gasteiger partial charge in [0, 0.05) is 42.1 Å². The lowest BCUT2D eigenvalue weighted by Crippen LogP contribution is -2.54. The van der Waals surface area contributed by atoms with Gasteiger partial charge in [-0.15, -0.1) is 5.10 Å². The van der Waals surface area contributed by atoms with Gasteiger partial charge in [0.25, 0.3) is 0 Å². The van der Waals surface area contributed by atoms with Crippen LogP contribution in [-0.2, 0) is 0 Å². The highest BCUT2D eigenvalue weighted by atomic mass is 35.5. The molecule has 0 amide bonds. The smallest absolute Gasteiger partial charge is 0.227 e. The van der Waals surface area contributed by atoms with Gasteiger partial charge in [-0.2, -0.15) is 4.98 Å². The van der Waals surface area contributed by atoms with E-state index in [1.807, 2.05) is 16.8 Å². The quantitative estimate of drug-likeness (QED) is 0.505. The molecule has 2 aromatic heterocycles. The fourth-order valence-corrected chi connectivity index (χ4v) is 6.22. The highest BCUT2D eigenvalue weighted by Gasteiger charge is 2.38. The molecule has 0 unspecified atom stereocenters. The van der Waals surface area contributed by atoms with E-state index in [1.165, 1.54) is 12.8 Å². The van der Waals surface area contributed by atoms with E-state index in [9.17, 15) is 5.11 Å². The first-order valence-corrected chi connectivity index (χ1v) is 13.4. The van der Waals surface area contributed by atoms with Crippen molar-refractivity contribution < 1.29 is 5.11 Å². The minimum absolute atomic E-state index is 0.136. The minimum atomic E-state index is -0.136. The van der Waals surface area contributed by atoms with Gasteiger partial charge in [0.05, 0.1) is 18.3 Å². The molecule has 0 bridgehead atoms. The molecule has 2 aliphatic heterocycles. The number of likely N-dealkylation sites (tertiary alicyclic amines) is 1. The first-order valence-electron chi connectivity index (χ1n) is 12.7. The molecule has 0 spiro atoms. The minimum Gasteiger partial charge on any atom is -0.395 e. The first kappa shape index (κ1) is 23.4. The van der Waals surface area contributed by atoms with Crippen molar-refractivity contribution in [3.63, 3.8) is 0 Å². The lowest BCUT2D eigenvalue weighted by molar-refractivity contribution is 0.101. The molecular weight excluding hydrogens is 485 g/mol. The van der Waals surface area contributed by atoms with Gasteiger partial charge in [0.15, 0.2) is 11.2 Å². The summed E-state index contributed by atoms with van der Waals surface area (Å²) in [6.45, 7) is 7.23. The van der Waals surface area contributed by atoms with Crippen LogP contribution in [0.25, 0.3) is 11.2 Å². The van der Waals surface area contributed by atoms with Crippen molar-refractivity contribution in [1.29, 1.82) is 0 Å². The summed E-state index contributed by atoms with van der Waals surface area (Å²) in [5, 5.41) is 19.5. The zero-order valence-corrected chi connectivity index (χ0v) is 21.5. The van der Waals surface area contributed by atoms with Crippen LogP contribution in [0.1, 0.15) is 55.8 Å². The van der Waals surface area contributed by atoms with Crippen molar-refractivity contribution in [3.05, 3.63) is 39.5 Å². The highest BCUT2D eigenvalue weighted by molar-refractivity contribution is 6.35. The molecule has 8 nitrogen and oxygen atoms in total. The standard InChI is InChI=1S/C25H31Cl2N7O/c1-15(20-7-6-19(26)11-21(20)27)34-24-23(30-31-34)22(16-4-5-16)28-25(29-24)33-13-18(14-33)17-3-2-8-32(12-17)9-10-35/h6-7,11,15-18,35H,2-5,8-10,12-14H2,1H3/t15-,17+/m1/s1. The van der Waals surface area contributed by atoms with Crippen LogP contribution in [0, 0.1) is 11.8 Å². The Morgan fingerprint density at radius 3 is 2.66 bits per heavy atom. The molecule has 3 aliphatic rings. The maximum Gasteiger partial charge on any atom is 0.227 e. The zero-order chi connectivity index (χ0) is 24.1. The third-order valence-corrected chi connectivity index (χ3v) is 8.46. The first-order chi connectivity index (χ1) is 17.0. The van der Waals surface area contributed by atoms with Gasteiger partial charge in [-0.05, 0) is 68.7 Å². The normalized spacial score (nSPS) is 22.5. The fourth-order valence-electron chi connectivity index (χ4n) is 5.65. The number of piperidine rings is 1. The summed E-state index contributed by atoms with van der Waals surface area (Å²) in [7, 11) is 0. The molecule has 4 heterocycles. The number of nitrogens with zero attached hydrogens (tertiary/aromatic N) is 7. The van der Waals surface area contributed by atoms with Gasteiger partial charge in [-0.25, -0.2) is 9.67 Å². The molecule has 6 rings (SSSR count). The topological polar surface area (TPSA) is 83.2 Å². The summed E-state index contributed by atoms with van der Waals surface area (Å²) in [5.41, 5.74) is 3.54. The molecule has 35 heavy (non-hydrogen) atoms. The van der Waals surface area contributed by atoms with Gasteiger partial charge in [0.2, 0.25) is 5.95 Å². The van der Waals surface area contributed by atoms with Gasteiger partial charge >= 0.3 is 0 Å². The second-order valence-corrected chi connectivity index (χ2v) is 11.2. The van der Waals surface area contributed by atoms with E-state index in [4.69, 9.17) is 33.2 Å². The molecule has 2 atom stereocenters. The van der Waals surface area contributed by atoms with Crippen LogP contribution in [0.4, 0.5) is 5.95 Å². The van der Waals surface area contributed by atoms with Gasteiger partial charge in [0.1, 0.15) is 0 Å². The lowest BCUT2D eigenvalue weighted by atomic mass is 9.81. The summed E-state index contributed by atoms with van der Waals surface area (Å²) in [5.74, 6) is 2.56. The Balaban J connectivity index is 1.27. The third kappa shape index (κ3) is 4.50. The number of rotatable bonds is 7. The van der Waals surface area contributed by atoms with Crippen molar-refractivity contribution in [2.45, 2.75) is 44.6 Å². The maximum atomic E-state index is 9.32. The van der Waals surface area contributed by atoms with Crippen molar-refractivity contribution in [1.82, 2.24) is 29.9 Å². The Bertz CT molecular complexity index is 1220. The van der Waals surface area contributed by atoms with Crippen LogP contribution >= 0.6 is 23.2 Å². The summed E-state index contributed by atoms with van der Waals surface area (Å²) < 4.78 is 1.87. The molecule has 10 heteroatoms. The van der Waals surface area contributed by atoms with E-state index in [0.717, 1.165) is 73.9 Å². The van der Waals surface area contributed by atoms with Crippen LogP contribution in [0.2, 0.25) is 10.0 Å². The molecule has 186 valence electrons. The summed E-state index contributed by atoms with van der Waals surface area (Å²) in [6.07, 6.45) is 4.76. The van der Waals surface area contributed by atoms with Crippen LogP contribution < -0.4 is 4.90 Å². The number of anilines is 1. The number of β-amino-alcohol motifs (C(OH)–C–C–N with tert-alkyl or cyclic N) is 1. The number of halogens is 2.